The van der Waals surface area contributed by atoms with Gasteiger partial charge in [0.05, 0.1) is 10.3 Å². The minimum Gasteiger partial charge on any atom is -0.310 e. The fourth-order valence-electron chi connectivity index (χ4n) is 3.46. The maximum absolute atomic E-state index is 13.3. The highest BCUT2D eigenvalue weighted by Crippen LogP contribution is 2.22. The van der Waals surface area contributed by atoms with E-state index in [2.05, 4.69) is 20.9 Å². The van der Waals surface area contributed by atoms with Gasteiger partial charge in [0, 0.05) is 17.2 Å². The first kappa shape index (κ1) is 20.5. The van der Waals surface area contributed by atoms with Crippen LogP contribution in [0.25, 0.3) is 16.7 Å². The van der Waals surface area contributed by atoms with E-state index >= 15 is 0 Å². The first-order valence-corrected chi connectivity index (χ1v) is 11.6. The zero-order chi connectivity index (χ0) is 21.6. The molecule has 0 bridgehead atoms. The first-order valence-electron chi connectivity index (χ1n) is 9.36. The monoisotopic (exact) mass is 486 g/mol. The van der Waals surface area contributed by atoms with Crippen LogP contribution < -0.4 is 11.0 Å². The zero-order valence-corrected chi connectivity index (χ0v) is 18.8. The molecule has 1 aromatic carbocycles. The Morgan fingerprint density at radius 1 is 1.13 bits per heavy atom. The van der Waals surface area contributed by atoms with Crippen LogP contribution >= 0.6 is 15.9 Å². The molecular weight excluding hydrogens is 468 g/mol. The van der Waals surface area contributed by atoms with Gasteiger partial charge in [-0.3, -0.25) is 14.6 Å². The summed E-state index contributed by atoms with van der Waals surface area (Å²) in [6.07, 6.45) is 2.26. The van der Waals surface area contributed by atoms with Gasteiger partial charge in [-0.1, -0.05) is 28.9 Å². The van der Waals surface area contributed by atoms with Crippen LogP contribution in [0.3, 0.4) is 0 Å². The van der Waals surface area contributed by atoms with Gasteiger partial charge in [-0.15, -0.1) is 0 Å². The predicted molar refractivity (Wildman–Crippen MR) is 117 cm³/mol. The number of nitrogens with zero attached hydrogens (tertiary/aromatic N) is 3. The first-order chi connectivity index (χ1) is 14.3. The molecule has 4 rings (SSSR count). The molecule has 9 heteroatoms. The lowest BCUT2D eigenvalue weighted by Crippen LogP contribution is -2.30. The van der Waals surface area contributed by atoms with Crippen LogP contribution in [0.15, 0.2) is 67.7 Å². The van der Waals surface area contributed by atoms with Crippen molar-refractivity contribution in [1.29, 1.82) is 5.41 Å². The highest BCUT2D eigenvalue weighted by molar-refractivity contribution is 9.10. The number of halogens is 1. The Labute approximate surface area is 181 Å². The molecule has 0 unspecified atom stereocenters. The summed E-state index contributed by atoms with van der Waals surface area (Å²) in [6.45, 7) is 4.15. The Hall–Kier alpha value is -2.78. The Kier molecular flexibility index (Phi) is 5.11. The fourth-order valence-corrected chi connectivity index (χ4v) is 5.11. The lowest BCUT2D eigenvalue weighted by Gasteiger charge is -2.15. The standard InChI is InChI=1S/C21H19BrN4O3S/c1-3-10-25-18(23)17(30(28,29)15-8-6-14(22)7-9-15)12-16-20(25)24-19-13(2)5-4-11-26(19)21(16)27/h4-9,11-12,23H,3,10H2,1-2H3. The quantitative estimate of drug-likeness (QED) is 0.446. The molecule has 30 heavy (non-hydrogen) atoms. The van der Waals surface area contributed by atoms with E-state index in [-0.39, 0.29) is 26.2 Å². The van der Waals surface area contributed by atoms with Crippen molar-refractivity contribution in [3.63, 3.8) is 0 Å². The zero-order valence-electron chi connectivity index (χ0n) is 16.4. The summed E-state index contributed by atoms with van der Waals surface area (Å²) in [4.78, 5) is 17.7. The van der Waals surface area contributed by atoms with Crippen molar-refractivity contribution < 1.29 is 8.42 Å². The number of sulfone groups is 1. The molecule has 154 valence electrons. The van der Waals surface area contributed by atoms with Crippen LogP contribution in [0.2, 0.25) is 0 Å². The van der Waals surface area contributed by atoms with Crippen LogP contribution in [0.4, 0.5) is 0 Å². The summed E-state index contributed by atoms with van der Waals surface area (Å²) in [6, 6.07) is 11.1. The van der Waals surface area contributed by atoms with Crippen molar-refractivity contribution in [2.24, 2.45) is 0 Å². The Balaban J connectivity index is 2.15. The molecule has 0 saturated carbocycles. The van der Waals surface area contributed by atoms with Gasteiger partial charge >= 0.3 is 0 Å². The SMILES string of the molecule is CCCn1c(=N)c(S(=O)(=O)c2ccc(Br)cc2)cc2c(=O)n3cccc(C)c3nc21. The topological polar surface area (TPSA) is 97.3 Å². The number of aryl methyl sites for hydroxylation is 2. The number of benzene rings is 1. The summed E-state index contributed by atoms with van der Waals surface area (Å²) < 4.78 is 30.3. The van der Waals surface area contributed by atoms with Gasteiger partial charge in [0.25, 0.3) is 5.56 Å². The smallest absolute Gasteiger partial charge is 0.267 e. The average molecular weight is 487 g/mol. The summed E-state index contributed by atoms with van der Waals surface area (Å²) in [7, 11) is -4.00. The summed E-state index contributed by atoms with van der Waals surface area (Å²) >= 11 is 3.30. The van der Waals surface area contributed by atoms with Crippen molar-refractivity contribution in [1.82, 2.24) is 14.0 Å². The molecule has 0 fully saturated rings. The van der Waals surface area contributed by atoms with E-state index in [1.165, 1.54) is 27.2 Å². The molecule has 3 heterocycles. The largest absolute Gasteiger partial charge is 0.310 e. The van der Waals surface area contributed by atoms with Crippen LogP contribution in [0.1, 0.15) is 18.9 Å². The normalized spacial score (nSPS) is 12.0. The third-order valence-corrected chi connectivity index (χ3v) is 7.27. The number of hydrogen-bond acceptors (Lipinski definition) is 5. The molecule has 0 amide bonds. The van der Waals surface area contributed by atoms with Gasteiger partial charge < -0.3 is 4.57 Å². The van der Waals surface area contributed by atoms with Crippen LogP contribution in [-0.4, -0.2) is 22.4 Å². The summed E-state index contributed by atoms with van der Waals surface area (Å²) in [5, 5.41) is 8.80. The van der Waals surface area contributed by atoms with Gasteiger partial charge in [-0.05, 0) is 55.3 Å². The Bertz CT molecular complexity index is 1520. The number of nitrogens with one attached hydrogen (secondary N) is 1. The van der Waals surface area contributed by atoms with Crippen molar-refractivity contribution in [3.05, 3.63) is 74.5 Å². The molecule has 0 atom stereocenters. The van der Waals surface area contributed by atoms with Gasteiger partial charge in [0.15, 0.2) is 0 Å². The third kappa shape index (κ3) is 3.18. The number of rotatable bonds is 4. The molecule has 0 spiro atoms. The van der Waals surface area contributed by atoms with E-state index in [0.29, 0.717) is 24.3 Å². The van der Waals surface area contributed by atoms with E-state index in [4.69, 9.17) is 5.41 Å². The van der Waals surface area contributed by atoms with Gasteiger partial charge in [0.2, 0.25) is 9.84 Å². The minimum absolute atomic E-state index is 0.0614. The maximum Gasteiger partial charge on any atom is 0.267 e. The van der Waals surface area contributed by atoms with E-state index in [0.717, 1.165) is 10.0 Å². The molecule has 3 aromatic heterocycles. The highest BCUT2D eigenvalue weighted by Gasteiger charge is 2.24. The van der Waals surface area contributed by atoms with Gasteiger partial charge in [-0.2, -0.15) is 0 Å². The predicted octanol–water partition coefficient (Wildman–Crippen LogP) is 3.44. The van der Waals surface area contributed by atoms with Crippen molar-refractivity contribution >= 4 is 42.4 Å². The Morgan fingerprint density at radius 3 is 2.50 bits per heavy atom. The molecule has 7 nitrogen and oxygen atoms in total. The van der Waals surface area contributed by atoms with Crippen molar-refractivity contribution in [3.8, 4) is 0 Å². The molecule has 4 aromatic rings. The van der Waals surface area contributed by atoms with Crippen molar-refractivity contribution in [2.45, 2.75) is 36.6 Å². The molecule has 0 saturated heterocycles. The average Bonchev–Trinajstić information content (AvgIpc) is 2.71. The summed E-state index contributed by atoms with van der Waals surface area (Å²) in [5.41, 5.74) is 1.07. The highest BCUT2D eigenvalue weighted by atomic mass is 79.9. The van der Waals surface area contributed by atoms with E-state index in [1.54, 1.807) is 24.4 Å². The second-order valence-corrected chi connectivity index (χ2v) is 9.84. The number of aromatic nitrogens is 3. The molecule has 1 N–H and O–H groups in total. The van der Waals surface area contributed by atoms with Crippen molar-refractivity contribution in [2.75, 3.05) is 0 Å². The van der Waals surface area contributed by atoms with E-state index in [1.807, 2.05) is 19.9 Å². The van der Waals surface area contributed by atoms with Crippen LogP contribution in [-0.2, 0) is 16.4 Å². The molecular formula is C21H19BrN4O3S. The number of pyridine rings is 2. The molecule has 0 aliphatic rings. The molecule has 0 aliphatic carbocycles. The van der Waals surface area contributed by atoms with E-state index in [9.17, 15) is 13.2 Å². The van der Waals surface area contributed by atoms with Gasteiger partial charge in [0.1, 0.15) is 21.7 Å². The fraction of sp³-hybridized carbons (Fsp3) is 0.190. The minimum atomic E-state index is -4.00. The lowest BCUT2D eigenvalue weighted by atomic mass is 10.2. The number of hydrogen-bond donors (Lipinski definition) is 1. The van der Waals surface area contributed by atoms with E-state index < -0.39 is 9.84 Å². The second-order valence-electron chi connectivity index (χ2n) is 7.01. The number of fused-ring (bicyclic) bond motifs is 2. The maximum atomic E-state index is 13.3. The molecule has 0 radical (unpaired) electrons. The van der Waals surface area contributed by atoms with Crippen LogP contribution in [0.5, 0.6) is 0 Å². The second kappa shape index (κ2) is 7.48. The van der Waals surface area contributed by atoms with Gasteiger partial charge in [-0.25, -0.2) is 13.4 Å². The summed E-state index contributed by atoms with van der Waals surface area (Å²) in [5.74, 6) is 0. The molecule has 0 aliphatic heterocycles. The third-order valence-electron chi connectivity index (χ3n) is 4.96. The van der Waals surface area contributed by atoms with Crippen LogP contribution in [0, 0.1) is 12.3 Å². The lowest BCUT2D eigenvalue weighted by molar-refractivity contribution is 0.586. The Morgan fingerprint density at radius 2 is 1.83 bits per heavy atom.